The SMILES string of the molecule is CCC(O)C(O)C(O)C(O)C(O)C(C)C. The van der Waals surface area contributed by atoms with Gasteiger partial charge in [0.15, 0.2) is 0 Å². The molecule has 5 heteroatoms. The fraction of sp³-hybridized carbons (Fsp3) is 1.00. The summed E-state index contributed by atoms with van der Waals surface area (Å²) in [6, 6.07) is 0. The van der Waals surface area contributed by atoms with Gasteiger partial charge in [-0.15, -0.1) is 0 Å². The number of aliphatic hydroxyl groups is 5. The first-order valence-corrected chi connectivity index (χ1v) is 5.23. The van der Waals surface area contributed by atoms with Crippen molar-refractivity contribution in [2.45, 2.75) is 57.7 Å². The quantitative estimate of drug-likeness (QED) is 0.391. The highest BCUT2D eigenvalue weighted by Gasteiger charge is 2.34. The second kappa shape index (κ2) is 6.40. The van der Waals surface area contributed by atoms with Crippen LogP contribution in [0.2, 0.25) is 0 Å². The number of hydrogen-bond acceptors (Lipinski definition) is 5. The highest BCUT2D eigenvalue weighted by Crippen LogP contribution is 2.14. The summed E-state index contributed by atoms with van der Waals surface area (Å²) < 4.78 is 0. The first kappa shape index (κ1) is 14.8. The van der Waals surface area contributed by atoms with Gasteiger partial charge in [-0.05, 0) is 12.3 Å². The molecule has 0 saturated carbocycles. The van der Waals surface area contributed by atoms with E-state index < -0.39 is 30.5 Å². The molecule has 0 aliphatic rings. The largest absolute Gasteiger partial charge is 0.390 e. The van der Waals surface area contributed by atoms with Crippen molar-refractivity contribution in [3.63, 3.8) is 0 Å². The molecule has 5 unspecified atom stereocenters. The van der Waals surface area contributed by atoms with E-state index in [0.717, 1.165) is 0 Å². The number of hydrogen-bond donors (Lipinski definition) is 5. The second-order valence-electron chi connectivity index (χ2n) is 4.18. The highest BCUT2D eigenvalue weighted by molar-refractivity contribution is 4.85. The summed E-state index contributed by atoms with van der Waals surface area (Å²) in [7, 11) is 0. The van der Waals surface area contributed by atoms with Gasteiger partial charge in [0, 0.05) is 0 Å². The molecule has 0 aromatic rings. The van der Waals surface area contributed by atoms with Crippen LogP contribution in [-0.2, 0) is 0 Å². The molecule has 0 radical (unpaired) electrons. The third-order valence-electron chi connectivity index (χ3n) is 2.55. The average molecular weight is 222 g/mol. The fourth-order valence-corrected chi connectivity index (χ4v) is 1.27. The van der Waals surface area contributed by atoms with E-state index in [9.17, 15) is 25.5 Å². The molecule has 15 heavy (non-hydrogen) atoms. The minimum atomic E-state index is -1.54. The van der Waals surface area contributed by atoms with Crippen molar-refractivity contribution in [3.05, 3.63) is 0 Å². The molecule has 0 spiro atoms. The lowest BCUT2D eigenvalue weighted by atomic mass is 9.93. The predicted molar refractivity (Wildman–Crippen MR) is 55.2 cm³/mol. The maximum absolute atomic E-state index is 9.50. The zero-order valence-electron chi connectivity index (χ0n) is 9.41. The maximum Gasteiger partial charge on any atom is 0.111 e. The van der Waals surface area contributed by atoms with E-state index in [1.165, 1.54) is 0 Å². The lowest BCUT2D eigenvalue weighted by Gasteiger charge is -2.30. The van der Waals surface area contributed by atoms with Crippen LogP contribution in [0.3, 0.4) is 0 Å². The molecular weight excluding hydrogens is 200 g/mol. The normalized spacial score (nSPS) is 22.2. The van der Waals surface area contributed by atoms with Crippen molar-refractivity contribution in [2.24, 2.45) is 5.92 Å². The van der Waals surface area contributed by atoms with Crippen LogP contribution in [0.5, 0.6) is 0 Å². The van der Waals surface area contributed by atoms with E-state index in [1.807, 2.05) is 0 Å². The molecule has 0 aliphatic heterocycles. The van der Waals surface area contributed by atoms with Crippen molar-refractivity contribution in [1.29, 1.82) is 0 Å². The van der Waals surface area contributed by atoms with Gasteiger partial charge < -0.3 is 25.5 Å². The van der Waals surface area contributed by atoms with Crippen molar-refractivity contribution in [1.82, 2.24) is 0 Å². The van der Waals surface area contributed by atoms with E-state index in [0.29, 0.717) is 0 Å². The minimum Gasteiger partial charge on any atom is -0.390 e. The van der Waals surface area contributed by atoms with E-state index in [4.69, 9.17) is 0 Å². The highest BCUT2D eigenvalue weighted by atomic mass is 16.4. The molecule has 0 fully saturated rings. The Morgan fingerprint density at radius 3 is 1.47 bits per heavy atom. The van der Waals surface area contributed by atoms with Crippen LogP contribution in [0.25, 0.3) is 0 Å². The Kier molecular flexibility index (Phi) is 6.31. The Hall–Kier alpha value is -0.200. The van der Waals surface area contributed by atoms with Crippen LogP contribution in [0.15, 0.2) is 0 Å². The number of rotatable bonds is 6. The van der Waals surface area contributed by atoms with Gasteiger partial charge in [-0.2, -0.15) is 0 Å². The van der Waals surface area contributed by atoms with Gasteiger partial charge in [0.25, 0.3) is 0 Å². The molecule has 5 N–H and O–H groups in total. The summed E-state index contributed by atoms with van der Waals surface area (Å²) in [4.78, 5) is 0. The zero-order chi connectivity index (χ0) is 12.2. The Morgan fingerprint density at radius 2 is 1.13 bits per heavy atom. The lowest BCUT2D eigenvalue weighted by molar-refractivity contribution is -0.141. The Labute approximate surface area is 90.0 Å². The molecule has 0 aliphatic carbocycles. The molecule has 5 nitrogen and oxygen atoms in total. The third kappa shape index (κ3) is 4.04. The van der Waals surface area contributed by atoms with E-state index >= 15 is 0 Å². The van der Waals surface area contributed by atoms with Crippen molar-refractivity contribution in [2.75, 3.05) is 0 Å². The van der Waals surface area contributed by atoms with Crippen LogP contribution < -0.4 is 0 Å². The van der Waals surface area contributed by atoms with Gasteiger partial charge in [0.05, 0.1) is 12.2 Å². The monoisotopic (exact) mass is 222 g/mol. The van der Waals surface area contributed by atoms with E-state index in [1.54, 1.807) is 20.8 Å². The standard InChI is InChI=1S/C10H22O5/c1-4-6(11)8(13)10(15)9(14)7(12)5(2)3/h5-15H,4H2,1-3H3. The zero-order valence-corrected chi connectivity index (χ0v) is 9.41. The van der Waals surface area contributed by atoms with Crippen LogP contribution in [0, 0.1) is 5.92 Å². The van der Waals surface area contributed by atoms with Gasteiger partial charge in [-0.1, -0.05) is 20.8 Å². The molecular formula is C10H22O5. The molecule has 0 bridgehead atoms. The number of aliphatic hydroxyl groups excluding tert-OH is 5. The molecule has 0 aromatic carbocycles. The van der Waals surface area contributed by atoms with Gasteiger partial charge in [0.1, 0.15) is 18.3 Å². The van der Waals surface area contributed by atoms with Gasteiger partial charge >= 0.3 is 0 Å². The first-order valence-electron chi connectivity index (χ1n) is 5.23. The van der Waals surface area contributed by atoms with Gasteiger partial charge in [-0.3, -0.25) is 0 Å². The van der Waals surface area contributed by atoms with Gasteiger partial charge in [-0.25, -0.2) is 0 Å². The van der Waals surface area contributed by atoms with Gasteiger partial charge in [0.2, 0.25) is 0 Å². The molecule has 0 rings (SSSR count). The Balaban J connectivity index is 4.36. The fourth-order valence-electron chi connectivity index (χ4n) is 1.27. The smallest absolute Gasteiger partial charge is 0.111 e. The van der Waals surface area contributed by atoms with E-state index in [-0.39, 0.29) is 12.3 Å². The molecule has 0 amide bonds. The molecule has 0 aromatic heterocycles. The van der Waals surface area contributed by atoms with E-state index in [2.05, 4.69) is 0 Å². The summed E-state index contributed by atoms with van der Waals surface area (Å²) in [5.41, 5.74) is 0. The maximum atomic E-state index is 9.50. The Bertz CT molecular complexity index is 173. The first-order chi connectivity index (χ1) is 6.82. The molecule has 5 atom stereocenters. The lowest BCUT2D eigenvalue weighted by Crippen LogP contribution is -2.50. The van der Waals surface area contributed by atoms with Crippen molar-refractivity contribution < 1.29 is 25.5 Å². The third-order valence-corrected chi connectivity index (χ3v) is 2.55. The van der Waals surface area contributed by atoms with Crippen LogP contribution in [-0.4, -0.2) is 56.1 Å². The van der Waals surface area contributed by atoms with Crippen LogP contribution >= 0.6 is 0 Å². The summed E-state index contributed by atoms with van der Waals surface area (Å²) in [6.07, 6.45) is -6.41. The summed E-state index contributed by atoms with van der Waals surface area (Å²) >= 11 is 0. The summed E-state index contributed by atoms with van der Waals surface area (Å²) in [5, 5.41) is 47.1. The average Bonchev–Trinajstić information content (AvgIpc) is 2.23. The van der Waals surface area contributed by atoms with Crippen LogP contribution in [0.1, 0.15) is 27.2 Å². The summed E-state index contributed by atoms with van der Waals surface area (Å²) in [6.45, 7) is 5.01. The topological polar surface area (TPSA) is 101 Å². The van der Waals surface area contributed by atoms with Crippen LogP contribution in [0.4, 0.5) is 0 Å². The van der Waals surface area contributed by atoms with Crippen molar-refractivity contribution in [3.8, 4) is 0 Å². The summed E-state index contributed by atoms with van der Waals surface area (Å²) in [5.74, 6) is -0.236. The molecule has 92 valence electrons. The molecule has 0 saturated heterocycles. The van der Waals surface area contributed by atoms with Crippen molar-refractivity contribution >= 4 is 0 Å². The molecule has 0 heterocycles. The Morgan fingerprint density at radius 1 is 0.733 bits per heavy atom. The second-order valence-corrected chi connectivity index (χ2v) is 4.18. The predicted octanol–water partition coefficient (Wildman–Crippen LogP) is -1.14. The minimum absolute atomic E-state index is 0.236.